The number of nitrogens with two attached hydrogens (primary N) is 1. The van der Waals surface area contributed by atoms with Gasteiger partial charge in [0.1, 0.15) is 23.3 Å². The van der Waals surface area contributed by atoms with E-state index in [1.54, 1.807) is 36.5 Å². The molecule has 1 unspecified atom stereocenters. The van der Waals surface area contributed by atoms with Gasteiger partial charge in [0.25, 0.3) is 5.91 Å². The van der Waals surface area contributed by atoms with Gasteiger partial charge in [-0.25, -0.2) is 9.37 Å². The number of hydrogen-bond acceptors (Lipinski definition) is 5. The topological polar surface area (TPSA) is 97.6 Å². The molecule has 5 rings (SSSR count). The minimum absolute atomic E-state index is 0.116. The van der Waals surface area contributed by atoms with Gasteiger partial charge in [0.15, 0.2) is 0 Å². The van der Waals surface area contributed by atoms with E-state index in [4.69, 9.17) is 22.1 Å². The molecule has 0 radical (unpaired) electrons. The Balaban J connectivity index is 1.20. The maximum Gasteiger partial charge on any atom is 0.254 e. The number of halogens is 2. The molecule has 0 bridgehead atoms. The summed E-state index contributed by atoms with van der Waals surface area (Å²) >= 11 is 6.52. The highest BCUT2D eigenvalue weighted by Crippen LogP contribution is 2.40. The van der Waals surface area contributed by atoms with Gasteiger partial charge in [-0.15, -0.1) is 0 Å². The Hall–Kier alpha value is -3.91. The highest BCUT2D eigenvalue weighted by molar-refractivity contribution is 6.32. The largest absolute Gasteiger partial charge is 0.484 e. The molecular weight excluding hydrogens is 495 g/mol. The number of carbonyl (C=O) groups excluding carboxylic acids is 2. The number of anilines is 1. The Bertz CT molecular complexity index is 1370. The molecule has 1 atom stereocenters. The molecular formula is C28H26ClFN4O3. The Morgan fingerprint density at radius 2 is 1.97 bits per heavy atom. The van der Waals surface area contributed by atoms with Crippen LogP contribution in [0.3, 0.4) is 0 Å². The molecule has 2 aromatic carbocycles. The van der Waals surface area contributed by atoms with Crippen molar-refractivity contribution in [3.63, 3.8) is 0 Å². The van der Waals surface area contributed by atoms with Crippen LogP contribution in [0, 0.1) is 0 Å². The van der Waals surface area contributed by atoms with E-state index < -0.39 is 5.67 Å². The molecule has 7 nitrogen and oxygen atoms in total. The second-order valence-corrected chi connectivity index (χ2v) is 10.0. The van der Waals surface area contributed by atoms with Gasteiger partial charge in [-0.3, -0.25) is 9.59 Å². The fourth-order valence-electron chi connectivity index (χ4n) is 4.48. The monoisotopic (exact) mass is 520 g/mol. The van der Waals surface area contributed by atoms with Crippen LogP contribution >= 0.6 is 11.6 Å². The minimum Gasteiger partial charge on any atom is -0.484 e. The Kier molecular flexibility index (Phi) is 6.60. The van der Waals surface area contributed by atoms with E-state index in [2.05, 4.69) is 10.3 Å². The third-order valence-electron chi connectivity index (χ3n) is 6.38. The van der Waals surface area contributed by atoms with Crippen molar-refractivity contribution >= 4 is 29.2 Å². The number of nitrogens with one attached hydrogen (secondary N) is 1. The average Bonchev–Trinajstić information content (AvgIpc) is 3.29. The van der Waals surface area contributed by atoms with E-state index in [9.17, 15) is 14.0 Å². The number of fused-ring (bicyclic) bond motifs is 1. The molecule has 3 aromatic rings. The Labute approximate surface area is 219 Å². The summed E-state index contributed by atoms with van der Waals surface area (Å²) in [7, 11) is 0. The summed E-state index contributed by atoms with van der Waals surface area (Å²) in [6.07, 6.45) is 5.04. The maximum absolute atomic E-state index is 13.7. The number of rotatable bonds is 6. The molecule has 1 saturated heterocycles. The molecule has 0 spiro atoms. The molecule has 2 aliphatic rings. The Morgan fingerprint density at radius 3 is 2.65 bits per heavy atom. The molecule has 1 aromatic heterocycles. The van der Waals surface area contributed by atoms with E-state index in [0.717, 1.165) is 22.3 Å². The van der Waals surface area contributed by atoms with Gasteiger partial charge >= 0.3 is 0 Å². The van der Waals surface area contributed by atoms with Crippen LogP contribution in [-0.4, -0.2) is 46.6 Å². The smallest absolute Gasteiger partial charge is 0.254 e. The van der Waals surface area contributed by atoms with E-state index in [1.807, 2.05) is 24.3 Å². The lowest BCUT2D eigenvalue weighted by atomic mass is 9.96. The van der Waals surface area contributed by atoms with E-state index in [0.29, 0.717) is 35.1 Å². The highest BCUT2D eigenvalue weighted by Gasteiger charge is 2.41. The fraction of sp³-hybridized carbons (Fsp3) is 0.250. The average molecular weight is 521 g/mol. The number of hydrogen-bond donors (Lipinski definition) is 2. The van der Waals surface area contributed by atoms with Crippen molar-refractivity contribution < 1.29 is 18.7 Å². The summed E-state index contributed by atoms with van der Waals surface area (Å²) in [6.45, 7) is 2.07. The van der Waals surface area contributed by atoms with Gasteiger partial charge in [-0.2, -0.15) is 0 Å². The van der Waals surface area contributed by atoms with Crippen LogP contribution < -0.4 is 15.8 Å². The molecule has 2 aliphatic heterocycles. The van der Waals surface area contributed by atoms with Crippen LogP contribution in [0.2, 0.25) is 5.02 Å². The quantitative estimate of drug-likeness (QED) is 0.471. The van der Waals surface area contributed by atoms with Crippen LogP contribution in [0.5, 0.6) is 5.75 Å². The van der Waals surface area contributed by atoms with Crippen LogP contribution in [0.15, 0.2) is 66.9 Å². The maximum atomic E-state index is 13.7. The summed E-state index contributed by atoms with van der Waals surface area (Å²) in [5.41, 5.74) is 8.37. The van der Waals surface area contributed by atoms with Crippen molar-refractivity contribution in [1.29, 1.82) is 0 Å². The molecule has 0 aliphatic carbocycles. The molecule has 3 N–H and O–H groups in total. The van der Waals surface area contributed by atoms with Crippen molar-refractivity contribution in [1.82, 2.24) is 15.2 Å². The normalized spacial score (nSPS) is 17.7. The number of carbonyl (C=O) groups is 2. The lowest BCUT2D eigenvalue weighted by Gasteiger charge is -2.42. The number of aromatic nitrogens is 1. The van der Waals surface area contributed by atoms with Crippen LogP contribution in [0.1, 0.15) is 28.4 Å². The first-order chi connectivity index (χ1) is 17.7. The first kappa shape index (κ1) is 24.8. The van der Waals surface area contributed by atoms with Gasteiger partial charge in [0.05, 0.1) is 18.1 Å². The van der Waals surface area contributed by atoms with Gasteiger partial charge in [-0.1, -0.05) is 29.8 Å². The molecule has 3 heterocycles. The third-order valence-corrected chi connectivity index (χ3v) is 6.66. The van der Waals surface area contributed by atoms with Gasteiger partial charge < -0.3 is 20.7 Å². The Morgan fingerprint density at radius 1 is 1.22 bits per heavy atom. The second-order valence-electron chi connectivity index (χ2n) is 9.63. The number of pyridine rings is 1. The highest BCUT2D eigenvalue weighted by atomic mass is 35.5. The van der Waals surface area contributed by atoms with Crippen molar-refractivity contribution in [2.24, 2.45) is 0 Å². The summed E-state index contributed by atoms with van der Waals surface area (Å²) in [5.74, 6) is 0.612. The zero-order valence-electron chi connectivity index (χ0n) is 20.2. The predicted octanol–water partition coefficient (Wildman–Crippen LogP) is 4.34. The van der Waals surface area contributed by atoms with Gasteiger partial charge in [-0.05, 0) is 60.0 Å². The molecule has 9 heteroatoms. The van der Waals surface area contributed by atoms with Crippen molar-refractivity contribution in [3.8, 4) is 16.9 Å². The minimum atomic E-state index is -1.30. The summed E-state index contributed by atoms with van der Waals surface area (Å²) in [6, 6.07) is 14.5. The van der Waals surface area contributed by atoms with E-state index in [1.165, 1.54) is 17.9 Å². The number of likely N-dealkylation sites (tertiary alicyclic amines) is 1. The number of nitrogen functional groups attached to an aromatic ring is 1. The van der Waals surface area contributed by atoms with Crippen molar-refractivity contribution in [3.05, 3.63) is 88.6 Å². The number of nitrogens with zero attached hydrogens (tertiary/aromatic N) is 2. The number of alkyl halides is 1. The zero-order valence-corrected chi connectivity index (χ0v) is 21.0. The van der Waals surface area contributed by atoms with Crippen molar-refractivity contribution in [2.75, 3.05) is 18.8 Å². The summed E-state index contributed by atoms with van der Waals surface area (Å²) in [4.78, 5) is 30.2. The third kappa shape index (κ3) is 5.59. The number of ether oxygens (including phenoxy) is 1. The summed E-state index contributed by atoms with van der Waals surface area (Å²) < 4.78 is 19.7. The second kappa shape index (κ2) is 9.86. The zero-order chi connectivity index (χ0) is 26.2. The lowest BCUT2D eigenvalue weighted by molar-refractivity contribution is -0.116. The predicted molar refractivity (Wildman–Crippen MR) is 140 cm³/mol. The van der Waals surface area contributed by atoms with Crippen LogP contribution in [-0.2, 0) is 17.8 Å². The first-order valence-corrected chi connectivity index (χ1v) is 12.3. The van der Waals surface area contributed by atoms with Crippen molar-refractivity contribution in [2.45, 2.75) is 31.7 Å². The molecule has 2 amide bonds. The molecule has 37 heavy (non-hydrogen) atoms. The lowest BCUT2D eigenvalue weighted by Crippen LogP contribution is -2.59. The fourth-order valence-corrected chi connectivity index (χ4v) is 4.77. The number of amides is 2. The van der Waals surface area contributed by atoms with Crippen LogP contribution in [0.4, 0.5) is 10.2 Å². The van der Waals surface area contributed by atoms with Gasteiger partial charge in [0.2, 0.25) is 5.91 Å². The van der Waals surface area contributed by atoms with E-state index in [-0.39, 0.29) is 31.0 Å². The van der Waals surface area contributed by atoms with Crippen LogP contribution in [0.25, 0.3) is 11.1 Å². The SMILES string of the molecule is CC1(F)CN(C(=O)c2ccc(-c3cc(Cl)c4c(c3)CC(C=CC(=O)NCc3ccc(N)nc3)O4)cc2)C1. The number of benzene rings is 2. The van der Waals surface area contributed by atoms with E-state index >= 15 is 0 Å². The molecule has 190 valence electrons. The molecule has 1 fully saturated rings. The molecule has 0 saturated carbocycles. The standard InChI is InChI=1S/C28H26ClFN4O3/c1-28(30)15-34(16-28)27(36)19-5-3-18(4-6-19)20-10-21-11-22(37-26(21)23(29)12-20)7-9-25(35)33-14-17-2-8-24(31)32-13-17/h2-10,12-13,22H,11,14-16H2,1H3,(H2,31,32)(H,33,35). The first-order valence-electron chi connectivity index (χ1n) is 11.9. The summed E-state index contributed by atoms with van der Waals surface area (Å²) in [5, 5.41) is 3.28. The van der Waals surface area contributed by atoms with Gasteiger partial charge in [0, 0.05) is 36.4 Å².